The van der Waals surface area contributed by atoms with E-state index in [-0.39, 0.29) is 0 Å². The zero-order valence-electron chi connectivity index (χ0n) is 17.2. The summed E-state index contributed by atoms with van der Waals surface area (Å²) in [6.45, 7) is 5.56. The maximum absolute atomic E-state index is 4.80. The van der Waals surface area contributed by atoms with Crippen molar-refractivity contribution in [1.29, 1.82) is 0 Å². The fourth-order valence-electron chi connectivity index (χ4n) is 3.10. The quantitative estimate of drug-likeness (QED) is 0.434. The number of anilines is 2. The summed E-state index contributed by atoms with van der Waals surface area (Å²) in [6.07, 6.45) is 10.1. The van der Waals surface area contributed by atoms with Gasteiger partial charge in [-0.2, -0.15) is 0 Å². The number of hydrogen-bond acceptors (Lipinski definition) is 6. The first-order valence-corrected chi connectivity index (χ1v) is 10.1. The van der Waals surface area contributed by atoms with Crippen molar-refractivity contribution >= 4 is 11.8 Å². The van der Waals surface area contributed by atoms with Gasteiger partial charge in [-0.1, -0.05) is 37.3 Å². The first kappa shape index (κ1) is 19.6. The van der Waals surface area contributed by atoms with Crippen LogP contribution < -0.4 is 10.6 Å². The van der Waals surface area contributed by atoms with Gasteiger partial charge in [-0.25, -0.2) is 19.9 Å². The molecule has 152 valence electrons. The Morgan fingerprint density at radius 2 is 1.77 bits per heavy atom. The van der Waals surface area contributed by atoms with Crippen molar-refractivity contribution in [2.45, 2.75) is 20.3 Å². The Labute approximate surface area is 176 Å². The van der Waals surface area contributed by atoms with Crippen molar-refractivity contribution in [3.05, 3.63) is 78.6 Å². The molecule has 0 radical (unpaired) electrons. The average molecular weight is 400 g/mol. The molecule has 0 saturated heterocycles. The number of aryl methyl sites for hydroxylation is 2. The highest BCUT2D eigenvalue weighted by Crippen LogP contribution is 2.25. The molecule has 0 aliphatic carbocycles. The standard InChI is InChI=1S/C23H25N7/c1-3-18-5-7-19(8-6-18)22-20(30-13-12-24-16-30)15-28-23(29-22)26-11-10-25-21-9-4-17(2)14-27-21/h4-9,12-16H,3,10-11H2,1-2H3,(H,25,27)(H,26,28,29). The Bertz CT molecular complexity index is 1070. The Morgan fingerprint density at radius 1 is 0.933 bits per heavy atom. The van der Waals surface area contributed by atoms with Gasteiger partial charge in [-0.15, -0.1) is 0 Å². The highest BCUT2D eigenvalue weighted by atomic mass is 15.1. The van der Waals surface area contributed by atoms with E-state index in [1.54, 1.807) is 12.5 Å². The molecule has 0 aliphatic rings. The van der Waals surface area contributed by atoms with Gasteiger partial charge in [0.2, 0.25) is 5.95 Å². The number of nitrogens with zero attached hydrogens (tertiary/aromatic N) is 5. The fourth-order valence-corrected chi connectivity index (χ4v) is 3.10. The normalized spacial score (nSPS) is 10.7. The number of rotatable bonds is 8. The SMILES string of the molecule is CCc1ccc(-c2nc(NCCNc3ccc(C)cn3)ncc2-n2ccnc2)cc1. The number of imidazole rings is 1. The second-order valence-electron chi connectivity index (χ2n) is 7.02. The third kappa shape index (κ3) is 4.63. The van der Waals surface area contributed by atoms with E-state index >= 15 is 0 Å². The maximum atomic E-state index is 4.80. The van der Waals surface area contributed by atoms with Crippen LogP contribution in [-0.2, 0) is 6.42 Å². The smallest absolute Gasteiger partial charge is 0.223 e. The Balaban J connectivity index is 1.50. The van der Waals surface area contributed by atoms with Crippen LogP contribution in [0.3, 0.4) is 0 Å². The van der Waals surface area contributed by atoms with Crippen molar-refractivity contribution in [3.63, 3.8) is 0 Å². The molecule has 0 amide bonds. The van der Waals surface area contributed by atoms with E-state index in [1.165, 1.54) is 5.56 Å². The lowest BCUT2D eigenvalue weighted by Crippen LogP contribution is -2.16. The lowest BCUT2D eigenvalue weighted by molar-refractivity contribution is 0.984. The van der Waals surface area contributed by atoms with Gasteiger partial charge in [0, 0.05) is 37.2 Å². The second kappa shape index (κ2) is 9.17. The molecule has 30 heavy (non-hydrogen) atoms. The summed E-state index contributed by atoms with van der Waals surface area (Å²) in [4.78, 5) is 17.8. The topological polar surface area (TPSA) is 80.5 Å². The number of benzene rings is 1. The van der Waals surface area contributed by atoms with Crippen LogP contribution in [0.4, 0.5) is 11.8 Å². The molecule has 0 spiro atoms. The van der Waals surface area contributed by atoms with Gasteiger partial charge < -0.3 is 15.2 Å². The predicted molar refractivity (Wildman–Crippen MR) is 120 cm³/mol. The molecule has 7 nitrogen and oxygen atoms in total. The summed E-state index contributed by atoms with van der Waals surface area (Å²) < 4.78 is 1.93. The minimum atomic E-state index is 0.590. The van der Waals surface area contributed by atoms with Crippen molar-refractivity contribution in [2.24, 2.45) is 0 Å². The molecule has 3 aromatic heterocycles. The Kier molecular flexibility index (Phi) is 5.98. The molecular weight excluding hydrogens is 374 g/mol. The van der Waals surface area contributed by atoms with E-state index in [0.29, 0.717) is 19.0 Å². The summed E-state index contributed by atoms with van der Waals surface area (Å²) in [6, 6.07) is 12.5. The van der Waals surface area contributed by atoms with Crippen LogP contribution in [0.15, 0.2) is 67.5 Å². The van der Waals surface area contributed by atoms with Crippen molar-refractivity contribution in [3.8, 4) is 16.9 Å². The van der Waals surface area contributed by atoms with Gasteiger partial charge in [0.05, 0.1) is 23.9 Å². The number of pyridine rings is 1. The van der Waals surface area contributed by atoms with Gasteiger partial charge in [0.15, 0.2) is 0 Å². The molecule has 4 rings (SSSR count). The van der Waals surface area contributed by atoms with Crippen LogP contribution in [0.25, 0.3) is 16.9 Å². The van der Waals surface area contributed by atoms with Crippen LogP contribution in [0.2, 0.25) is 0 Å². The van der Waals surface area contributed by atoms with Gasteiger partial charge >= 0.3 is 0 Å². The largest absolute Gasteiger partial charge is 0.368 e. The van der Waals surface area contributed by atoms with Crippen molar-refractivity contribution in [2.75, 3.05) is 23.7 Å². The molecular formula is C23H25N7. The van der Waals surface area contributed by atoms with E-state index in [4.69, 9.17) is 4.98 Å². The predicted octanol–water partition coefficient (Wildman–Crippen LogP) is 4.12. The van der Waals surface area contributed by atoms with E-state index < -0.39 is 0 Å². The third-order valence-corrected chi connectivity index (χ3v) is 4.81. The number of aromatic nitrogens is 5. The second-order valence-corrected chi connectivity index (χ2v) is 7.02. The molecule has 3 heterocycles. The first-order chi connectivity index (χ1) is 14.7. The lowest BCUT2D eigenvalue weighted by Gasteiger charge is -2.13. The molecule has 0 saturated carbocycles. The minimum absolute atomic E-state index is 0.590. The first-order valence-electron chi connectivity index (χ1n) is 10.1. The van der Waals surface area contributed by atoms with Crippen LogP contribution in [0.5, 0.6) is 0 Å². The van der Waals surface area contributed by atoms with E-state index in [1.807, 2.05) is 42.2 Å². The van der Waals surface area contributed by atoms with Crippen LogP contribution in [0.1, 0.15) is 18.1 Å². The lowest BCUT2D eigenvalue weighted by atomic mass is 10.1. The summed E-state index contributed by atoms with van der Waals surface area (Å²) in [5.41, 5.74) is 5.24. The number of nitrogens with one attached hydrogen (secondary N) is 2. The summed E-state index contributed by atoms with van der Waals surface area (Å²) in [5, 5.41) is 6.59. The summed E-state index contributed by atoms with van der Waals surface area (Å²) in [5.74, 6) is 1.45. The summed E-state index contributed by atoms with van der Waals surface area (Å²) in [7, 11) is 0. The Hall–Kier alpha value is -3.74. The zero-order chi connectivity index (χ0) is 20.8. The molecule has 2 N–H and O–H groups in total. The van der Waals surface area contributed by atoms with Crippen molar-refractivity contribution in [1.82, 2.24) is 24.5 Å². The average Bonchev–Trinajstić information content (AvgIpc) is 3.33. The van der Waals surface area contributed by atoms with Crippen molar-refractivity contribution < 1.29 is 0 Å². The van der Waals surface area contributed by atoms with E-state index in [2.05, 4.69) is 56.8 Å². The van der Waals surface area contributed by atoms with Crippen LogP contribution >= 0.6 is 0 Å². The number of hydrogen-bond donors (Lipinski definition) is 2. The highest BCUT2D eigenvalue weighted by Gasteiger charge is 2.11. The minimum Gasteiger partial charge on any atom is -0.368 e. The van der Waals surface area contributed by atoms with E-state index in [0.717, 1.165) is 34.7 Å². The monoisotopic (exact) mass is 399 g/mol. The zero-order valence-corrected chi connectivity index (χ0v) is 17.2. The van der Waals surface area contributed by atoms with Gasteiger partial charge in [0.1, 0.15) is 5.82 Å². The van der Waals surface area contributed by atoms with Gasteiger partial charge in [-0.05, 0) is 30.5 Å². The van der Waals surface area contributed by atoms with Gasteiger partial charge in [0.25, 0.3) is 0 Å². The maximum Gasteiger partial charge on any atom is 0.223 e. The third-order valence-electron chi connectivity index (χ3n) is 4.81. The van der Waals surface area contributed by atoms with E-state index in [9.17, 15) is 0 Å². The molecule has 0 atom stereocenters. The molecule has 0 unspecified atom stereocenters. The summed E-state index contributed by atoms with van der Waals surface area (Å²) >= 11 is 0. The molecule has 7 heteroatoms. The molecule has 1 aromatic carbocycles. The highest BCUT2D eigenvalue weighted by molar-refractivity contribution is 5.70. The van der Waals surface area contributed by atoms with Crippen LogP contribution in [-0.4, -0.2) is 37.6 Å². The molecule has 0 bridgehead atoms. The molecule has 0 aliphatic heterocycles. The molecule has 4 aromatic rings. The van der Waals surface area contributed by atoms with Gasteiger partial charge in [-0.3, -0.25) is 0 Å². The van der Waals surface area contributed by atoms with Crippen LogP contribution in [0, 0.1) is 6.92 Å². The fraction of sp³-hybridized carbons (Fsp3) is 0.217. The molecule has 0 fully saturated rings. The Morgan fingerprint density at radius 3 is 2.47 bits per heavy atom.